The number of nitrogens with zero attached hydrogens (tertiary/aromatic N) is 6. The predicted molar refractivity (Wildman–Crippen MR) is 118 cm³/mol. The summed E-state index contributed by atoms with van der Waals surface area (Å²) in [5, 5.41) is 16.4. The Morgan fingerprint density at radius 2 is 2.00 bits per heavy atom. The van der Waals surface area contributed by atoms with Crippen LogP contribution in [0.25, 0.3) is 16.7 Å². The Balaban J connectivity index is 1.32. The molecule has 4 rings (SSSR count). The van der Waals surface area contributed by atoms with Gasteiger partial charge in [-0.25, -0.2) is 14.5 Å². The molecule has 8 heteroatoms. The van der Waals surface area contributed by atoms with Gasteiger partial charge in [0.2, 0.25) is 5.91 Å². The third-order valence-corrected chi connectivity index (χ3v) is 5.66. The van der Waals surface area contributed by atoms with E-state index in [0.29, 0.717) is 30.6 Å². The smallest absolute Gasteiger partial charge is 0.220 e. The van der Waals surface area contributed by atoms with Crippen LogP contribution in [0.4, 0.5) is 0 Å². The number of imidazole rings is 1. The van der Waals surface area contributed by atoms with Gasteiger partial charge in [-0.05, 0) is 51.3 Å². The van der Waals surface area contributed by atoms with E-state index in [1.807, 2.05) is 39.0 Å². The number of para-hydroxylation sites is 2. The van der Waals surface area contributed by atoms with Crippen LogP contribution in [-0.4, -0.2) is 36.6 Å². The molecule has 1 amide bonds. The van der Waals surface area contributed by atoms with E-state index in [4.69, 9.17) is 0 Å². The van der Waals surface area contributed by atoms with E-state index >= 15 is 0 Å². The molecule has 3 aromatic heterocycles. The van der Waals surface area contributed by atoms with Gasteiger partial charge in [-0.3, -0.25) is 4.79 Å². The molecule has 8 nitrogen and oxygen atoms in total. The predicted octanol–water partition coefficient (Wildman–Crippen LogP) is 3.02. The molecular weight excluding hydrogens is 390 g/mol. The molecule has 3 heterocycles. The number of hydrogen-bond acceptors (Lipinski definition) is 5. The normalized spacial score (nSPS) is 11.2. The van der Waals surface area contributed by atoms with Crippen LogP contribution in [-0.2, 0) is 17.8 Å². The maximum atomic E-state index is 12.4. The quantitative estimate of drug-likeness (QED) is 0.468. The Hall–Kier alpha value is -3.73. The summed E-state index contributed by atoms with van der Waals surface area (Å²) in [5.41, 5.74) is 5.88. The van der Waals surface area contributed by atoms with Crippen LogP contribution in [0.2, 0.25) is 0 Å². The molecule has 0 unspecified atom stereocenters. The Morgan fingerprint density at radius 3 is 2.81 bits per heavy atom. The summed E-state index contributed by atoms with van der Waals surface area (Å²) in [6.45, 7) is 7.29. The molecule has 31 heavy (non-hydrogen) atoms. The van der Waals surface area contributed by atoms with Gasteiger partial charge in [0.25, 0.3) is 0 Å². The fourth-order valence-electron chi connectivity index (χ4n) is 4.02. The number of carbonyl (C=O) groups excluding carboxylic acids is 1. The van der Waals surface area contributed by atoms with Crippen LogP contribution >= 0.6 is 0 Å². The third-order valence-electron chi connectivity index (χ3n) is 5.66. The van der Waals surface area contributed by atoms with Gasteiger partial charge in [-0.2, -0.15) is 10.4 Å². The summed E-state index contributed by atoms with van der Waals surface area (Å²) < 4.78 is 3.87. The van der Waals surface area contributed by atoms with Gasteiger partial charge in [0.1, 0.15) is 17.5 Å². The summed E-state index contributed by atoms with van der Waals surface area (Å²) in [6.07, 6.45) is 3.33. The number of amides is 1. The van der Waals surface area contributed by atoms with Crippen molar-refractivity contribution in [1.82, 2.24) is 29.5 Å². The lowest BCUT2D eigenvalue weighted by Crippen LogP contribution is -2.26. The van der Waals surface area contributed by atoms with Crippen LogP contribution in [0, 0.1) is 32.1 Å². The number of aromatic nitrogens is 5. The number of rotatable bonds is 7. The molecule has 158 valence electrons. The molecular formula is C23H25N7O. The van der Waals surface area contributed by atoms with Crippen molar-refractivity contribution in [2.45, 2.75) is 46.6 Å². The largest absolute Gasteiger partial charge is 0.356 e. The van der Waals surface area contributed by atoms with Crippen molar-refractivity contribution in [1.29, 1.82) is 5.26 Å². The van der Waals surface area contributed by atoms with Crippen LogP contribution in [0.3, 0.4) is 0 Å². The lowest BCUT2D eigenvalue weighted by molar-refractivity contribution is -0.121. The van der Waals surface area contributed by atoms with E-state index in [2.05, 4.69) is 37.1 Å². The second kappa shape index (κ2) is 8.56. The van der Waals surface area contributed by atoms with E-state index in [-0.39, 0.29) is 5.91 Å². The average Bonchev–Trinajstić information content (AvgIpc) is 3.31. The van der Waals surface area contributed by atoms with E-state index < -0.39 is 0 Å². The molecule has 0 bridgehead atoms. The molecule has 0 spiro atoms. The number of carbonyl (C=O) groups is 1. The molecule has 1 aromatic carbocycles. The van der Waals surface area contributed by atoms with Crippen molar-refractivity contribution in [2.24, 2.45) is 0 Å². The molecule has 0 fully saturated rings. The summed E-state index contributed by atoms with van der Waals surface area (Å²) in [4.78, 5) is 21.5. The number of hydrogen-bond donors (Lipinski definition) is 1. The Labute approximate surface area is 180 Å². The van der Waals surface area contributed by atoms with E-state index in [0.717, 1.165) is 46.8 Å². The lowest BCUT2D eigenvalue weighted by atomic mass is 10.1. The molecule has 0 saturated carbocycles. The van der Waals surface area contributed by atoms with Crippen molar-refractivity contribution < 1.29 is 4.79 Å². The zero-order chi connectivity index (χ0) is 22.0. The number of fused-ring (bicyclic) bond motifs is 2. The highest BCUT2D eigenvalue weighted by atomic mass is 16.1. The van der Waals surface area contributed by atoms with Crippen molar-refractivity contribution in [3.8, 4) is 6.07 Å². The highest BCUT2D eigenvalue weighted by Gasteiger charge is 2.14. The lowest BCUT2D eigenvalue weighted by Gasteiger charge is -2.12. The number of nitrogens with one attached hydrogen (secondary N) is 1. The van der Waals surface area contributed by atoms with Gasteiger partial charge in [-0.1, -0.05) is 12.1 Å². The third kappa shape index (κ3) is 3.99. The van der Waals surface area contributed by atoms with E-state index in [1.54, 1.807) is 4.52 Å². The fourth-order valence-corrected chi connectivity index (χ4v) is 4.02. The van der Waals surface area contributed by atoms with Crippen LogP contribution in [0.1, 0.15) is 41.2 Å². The minimum absolute atomic E-state index is 0.0179. The number of nitriles is 1. The van der Waals surface area contributed by atoms with Gasteiger partial charge in [-0.15, -0.1) is 0 Å². The van der Waals surface area contributed by atoms with Crippen LogP contribution in [0.5, 0.6) is 0 Å². The first-order valence-electron chi connectivity index (χ1n) is 10.4. The minimum Gasteiger partial charge on any atom is -0.356 e. The second-order valence-corrected chi connectivity index (χ2v) is 7.67. The molecule has 0 saturated heterocycles. The highest BCUT2D eigenvalue weighted by molar-refractivity contribution is 5.76. The SMILES string of the molecule is Cc1nc2c(C#N)cnn2c(C)c1CCC(=O)NCCCn1c(C)nc2ccccc21. The molecule has 0 aliphatic carbocycles. The Bertz CT molecular complexity index is 1310. The highest BCUT2D eigenvalue weighted by Crippen LogP contribution is 2.18. The fraction of sp³-hybridized carbons (Fsp3) is 0.348. The first-order chi connectivity index (χ1) is 15.0. The summed E-state index contributed by atoms with van der Waals surface area (Å²) in [7, 11) is 0. The standard InChI is InChI=1S/C23H25N7O/c1-15-19(16(2)30-23(27-15)18(13-24)14-26-30)9-10-22(31)25-11-6-12-29-17(3)28-20-7-4-5-8-21(20)29/h4-5,7-8,14H,6,9-12H2,1-3H3,(H,25,31). The monoisotopic (exact) mass is 415 g/mol. The molecule has 0 aliphatic rings. The number of aryl methyl sites for hydroxylation is 4. The zero-order valence-electron chi connectivity index (χ0n) is 18.0. The van der Waals surface area contributed by atoms with Crippen molar-refractivity contribution in [3.63, 3.8) is 0 Å². The maximum absolute atomic E-state index is 12.4. The summed E-state index contributed by atoms with van der Waals surface area (Å²) in [6, 6.07) is 10.2. The number of benzene rings is 1. The molecule has 0 radical (unpaired) electrons. The Morgan fingerprint density at radius 1 is 1.19 bits per heavy atom. The molecule has 0 aliphatic heterocycles. The topological polar surface area (TPSA) is 101 Å². The van der Waals surface area contributed by atoms with Gasteiger partial charge < -0.3 is 9.88 Å². The van der Waals surface area contributed by atoms with Crippen LogP contribution < -0.4 is 5.32 Å². The molecule has 1 N–H and O–H groups in total. The zero-order valence-corrected chi connectivity index (χ0v) is 18.0. The summed E-state index contributed by atoms with van der Waals surface area (Å²) >= 11 is 0. The first-order valence-corrected chi connectivity index (χ1v) is 10.4. The van der Waals surface area contributed by atoms with E-state index in [1.165, 1.54) is 6.20 Å². The van der Waals surface area contributed by atoms with Crippen molar-refractivity contribution in [3.05, 3.63) is 58.8 Å². The minimum atomic E-state index is 0.0179. The Kier molecular flexibility index (Phi) is 5.67. The van der Waals surface area contributed by atoms with Gasteiger partial charge in [0, 0.05) is 30.9 Å². The second-order valence-electron chi connectivity index (χ2n) is 7.67. The van der Waals surface area contributed by atoms with Gasteiger partial charge >= 0.3 is 0 Å². The first kappa shape index (κ1) is 20.5. The summed E-state index contributed by atoms with van der Waals surface area (Å²) in [5.74, 6) is 1.00. The average molecular weight is 416 g/mol. The van der Waals surface area contributed by atoms with Crippen molar-refractivity contribution >= 4 is 22.6 Å². The van der Waals surface area contributed by atoms with Crippen LogP contribution in [0.15, 0.2) is 30.5 Å². The van der Waals surface area contributed by atoms with Crippen molar-refractivity contribution in [2.75, 3.05) is 6.54 Å². The van der Waals surface area contributed by atoms with E-state index in [9.17, 15) is 10.1 Å². The maximum Gasteiger partial charge on any atom is 0.220 e. The molecule has 4 aromatic rings. The molecule has 0 atom stereocenters. The van der Waals surface area contributed by atoms with Gasteiger partial charge in [0.05, 0.1) is 17.2 Å². The van der Waals surface area contributed by atoms with Gasteiger partial charge in [0.15, 0.2) is 5.65 Å².